The Morgan fingerprint density at radius 3 is 2.62 bits per heavy atom. The van der Waals surface area contributed by atoms with Gasteiger partial charge in [0.1, 0.15) is 11.4 Å². The van der Waals surface area contributed by atoms with Gasteiger partial charge in [0.05, 0.1) is 24.2 Å². The summed E-state index contributed by atoms with van der Waals surface area (Å²) in [7, 11) is 1.54. The van der Waals surface area contributed by atoms with Crippen LogP contribution in [0.2, 0.25) is 0 Å². The highest BCUT2D eigenvalue weighted by Crippen LogP contribution is 2.33. The number of fused-ring (bicyclic) bond motifs is 2. The van der Waals surface area contributed by atoms with Crippen LogP contribution in [0.25, 0.3) is 28.5 Å². The van der Waals surface area contributed by atoms with Crippen LogP contribution in [-0.4, -0.2) is 33.3 Å². The van der Waals surface area contributed by atoms with E-state index in [9.17, 15) is 9.18 Å². The van der Waals surface area contributed by atoms with Crippen molar-refractivity contribution in [2.45, 2.75) is 39.2 Å². The summed E-state index contributed by atoms with van der Waals surface area (Å²) in [4.78, 5) is 22.0. The van der Waals surface area contributed by atoms with Gasteiger partial charge in [-0.1, -0.05) is 0 Å². The molecule has 3 heterocycles. The second-order valence-electron chi connectivity index (χ2n) is 7.94. The van der Waals surface area contributed by atoms with Gasteiger partial charge < -0.3 is 9.47 Å². The number of halogens is 1. The van der Waals surface area contributed by atoms with Gasteiger partial charge in [0.15, 0.2) is 5.65 Å². The van der Waals surface area contributed by atoms with Gasteiger partial charge in [-0.25, -0.2) is 18.7 Å². The van der Waals surface area contributed by atoms with Gasteiger partial charge in [-0.05, 0) is 63.1 Å². The molecule has 29 heavy (non-hydrogen) atoms. The summed E-state index contributed by atoms with van der Waals surface area (Å²) in [5.74, 6) is 0.193. The molecule has 7 heteroatoms. The molecule has 0 bridgehead atoms. The zero-order valence-electron chi connectivity index (χ0n) is 16.8. The van der Waals surface area contributed by atoms with Crippen LogP contribution in [0.3, 0.4) is 0 Å². The molecule has 6 nitrogen and oxygen atoms in total. The monoisotopic (exact) mass is 395 g/mol. The van der Waals surface area contributed by atoms with Crippen LogP contribution >= 0.6 is 0 Å². The summed E-state index contributed by atoms with van der Waals surface area (Å²) in [6.07, 6.45) is 1.66. The van der Waals surface area contributed by atoms with Crippen LogP contribution in [-0.2, 0) is 11.2 Å². The van der Waals surface area contributed by atoms with Crippen LogP contribution in [0.4, 0.5) is 9.18 Å². The van der Waals surface area contributed by atoms with Gasteiger partial charge in [0.2, 0.25) is 5.88 Å². The number of carbonyl (C=O) groups is 1. The first-order valence-corrected chi connectivity index (χ1v) is 9.41. The number of methoxy groups -OCH3 is 1. The lowest BCUT2D eigenvalue weighted by molar-refractivity contribution is 0.0539. The number of hydrogen-bond acceptors (Lipinski definition) is 5. The average molecular weight is 395 g/mol. The molecule has 0 amide bonds. The van der Waals surface area contributed by atoms with E-state index in [0.29, 0.717) is 41.5 Å². The van der Waals surface area contributed by atoms with Gasteiger partial charge in [0, 0.05) is 17.9 Å². The fraction of sp³-hybridized carbons (Fsp3) is 0.318. The number of aromatic nitrogens is 3. The molecule has 0 radical (unpaired) electrons. The Hall–Kier alpha value is -3.22. The van der Waals surface area contributed by atoms with Crippen molar-refractivity contribution in [3.05, 3.63) is 47.4 Å². The highest BCUT2D eigenvalue weighted by molar-refractivity contribution is 5.85. The van der Waals surface area contributed by atoms with E-state index in [1.165, 1.54) is 10.6 Å². The molecule has 0 spiro atoms. The lowest BCUT2D eigenvalue weighted by atomic mass is 10.0. The molecule has 0 saturated carbocycles. The topological polar surface area (TPSA) is 66.2 Å². The van der Waals surface area contributed by atoms with Crippen molar-refractivity contribution in [3.63, 3.8) is 0 Å². The van der Waals surface area contributed by atoms with Gasteiger partial charge >= 0.3 is 6.09 Å². The third-order valence-electron chi connectivity index (χ3n) is 4.62. The maximum atomic E-state index is 14.0. The van der Waals surface area contributed by atoms with Crippen LogP contribution < -0.4 is 4.74 Å². The first-order chi connectivity index (χ1) is 13.7. The number of hydrogen-bond donors (Lipinski definition) is 0. The van der Waals surface area contributed by atoms with Crippen molar-refractivity contribution in [3.8, 4) is 17.3 Å². The molecule has 1 aliphatic rings. The molecule has 0 aromatic carbocycles. The first kappa shape index (κ1) is 19.1. The molecule has 1 aliphatic carbocycles. The SMILES string of the molecule is COc1ccc2ccc(-c3cc4c(n3C(=O)OC(C)(C)C)C=C(F)CC4)nc2n1. The maximum absolute atomic E-state index is 14.0. The molecule has 0 N–H and O–H groups in total. The number of aryl methyl sites for hydroxylation is 1. The number of rotatable bonds is 2. The minimum atomic E-state index is -0.686. The normalized spacial score (nSPS) is 13.8. The van der Waals surface area contributed by atoms with E-state index < -0.39 is 11.7 Å². The van der Waals surface area contributed by atoms with Crippen LogP contribution in [0, 0.1) is 0 Å². The van der Waals surface area contributed by atoms with Crippen LogP contribution in [0.15, 0.2) is 36.2 Å². The van der Waals surface area contributed by atoms with Gasteiger partial charge in [0.25, 0.3) is 0 Å². The Bertz CT molecular complexity index is 1140. The highest BCUT2D eigenvalue weighted by Gasteiger charge is 2.27. The fourth-order valence-corrected chi connectivity index (χ4v) is 3.34. The quantitative estimate of drug-likeness (QED) is 0.601. The van der Waals surface area contributed by atoms with E-state index in [4.69, 9.17) is 9.47 Å². The molecule has 0 fully saturated rings. The predicted octanol–water partition coefficient (Wildman–Crippen LogP) is 5.15. The Morgan fingerprint density at radius 1 is 1.14 bits per heavy atom. The van der Waals surface area contributed by atoms with E-state index >= 15 is 0 Å². The standard InChI is InChI=1S/C22H22FN3O3/c1-22(2,3)29-21(27)26-17-12-15(23)8-5-14(17)11-18(26)16-9-6-13-7-10-19(28-4)25-20(13)24-16/h6-7,9-12H,5,8H2,1-4H3. The summed E-state index contributed by atoms with van der Waals surface area (Å²) in [5.41, 5.74) is 2.28. The fourth-order valence-electron chi connectivity index (χ4n) is 3.34. The van der Waals surface area contributed by atoms with E-state index in [1.807, 2.05) is 24.3 Å². The van der Waals surface area contributed by atoms with Crippen molar-refractivity contribution in [1.82, 2.24) is 14.5 Å². The average Bonchev–Trinajstić information content (AvgIpc) is 3.04. The summed E-state index contributed by atoms with van der Waals surface area (Å²) >= 11 is 0. The minimum Gasteiger partial charge on any atom is -0.481 e. The first-order valence-electron chi connectivity index (χ1n) is 9.41. The number of allylic oxidation sites excluding steroid dienone is 1. The molecule has 3 aromatic heterocycles. The smallest absolute Gasteiger partial charge is 0.419 e. The molecule has 150 valence electrons. The largest absolute Gasteiger partial charge is 0.481 e. The zero-order chi connectivity index (χ0) is 20.8. The number of pyridine rings is 2. The lowest BCUT2D eigenvalue weighted by Crippen LogP contribution is -2.28. The zero-order valence-corrected chi connectivity index (χ0v) is 16.8. The minimum absolute atomic E-state index is 0.259. The Labute approximate surface area is 168 Å². The molecule has 0 aliphatic heterocycles. The van der Waals surface area contributed by atoms with E-state index in [0.717, 1.165) is 10.9 Å². The van der Waals surface area contributed by atoms with Gasteiger partial charge in [-0.15, -0.1) is 0 Å². The highest BCUT2D eigenvalue weighted by atomic mass is 19.1. The Kier molecular flexibility index (Phi) is 4.61. The van der Waals surface area contributed by atoms with Crippen molar-refractivity contribution in [2.24, 2.45) is 0 Å². The number of carbonyl (C=O) groups excluding carboxylic acids is 1. The summed E-state index contributed by atoms with van der Waals surface area (Å²) in [6, 6.07) is 9.20. The summed E-state index contributed by atoms with van der Waals surface area (Å²) in [5, 5.41) is 0.848. The van der Waals surface area contributed by atoms with Crippen molar-refractivity contribution < 1.29 is 18.7 Å². The third kappa shape index (κ3) is 3.72. The molecule has 0 atom stereocenters. The summed E-state index contributed by atoms with van der Waals surface area (Å²) in [6.45, 7) is 5.38. The van der Waals surface area contributed by atoms with Gasteiger partial charge in [-0.2, -0.15) is 4.98 Å². The van der Waals surface area contributed by atoms with Crippen molar-refractivity contribution >= 4 is 23.2 Å². The Morgan fingerprint density at radius 2 is 1.90 bits per heavy atom. The van der Waals surface area contributed by atoms with Crippen molar-refractivity contribution in [1.29, 1.82) is 0 Å². The number of nitrogens with zero attached hydrogens (tertiary/aromatic N) is 3. The van der Waals surface area contributed by atoms with E-state index in [-0.39, 0.29) is 5.83 Å². The van der Waals surface area contributed by atoms with E-state index in [2.05, 4.69) is 9.97 Å². The molecular weight excluding hydrogens is 373 g/mol. The van der Waals surface area contributed by atoms with Crippen LogP contribution in [0.5, 0.6) is 5.88 Å². The van der Waals surface area contributed by atoms with E-state index in [1.54, 1.807) is 33.9 Å². The molecule has 3 aromatic rings. The lowest BCUT2D eigenvalue weighted by Gasteiger charge is -2.21. The second kappa shape index (κ2) is 6.99. The van der Waals surface area contributed by atoms with Gasteiger partial charge in [-0.3, -0.25) is 0 Å². The third-order valence-corrected chi connectivity index (χ3v) is 4.62. The van der Waals surface area contributed by atoms with Crippen LogP contribution in [0.1, 0.15) is 38.4 Å². The maximum Gasteiger partial charge on any atom is 0.419 e. The molecular formula is C22H22FN3O3. The second-order valence-corrected chi connectivity index (χ2v) is 7.94. The number of ether oxygens (including phenoxy) is 2. The van der Waals surface area contributed by atoms with Crippen molar-refractivity contribution in [2.75, 3.05) is 7.11 Å². The molecule has 0 unspecified atom stereocenters. The summed E-state index contributed by atoms with van der Waals surface area (Å²) < 4.78 is 26.2. The molecule has 4 rings (SSSR count). The molecule has 0 saturated heterocycles. The Balaban J connectivity index is 1.89. The predicted molar refractivity (Wildman–Crippen MR) is 109 cm³/mol.